The molecule has 2 saturated heterocycles. The van der Waals surface area contributed by atoms with Gasteiger partial charge in [-0.1, -0.05) is 6.92 Å². The van der Waals surface area contributed by atoms with Crippen LogP contribution in [-0.4, -0.2) is 68.2 Å². The quantitative estimate of drug-likeness (QED) is 0.709. The fourth-order valence-corrected chi connectivity index (χ4v) is 5.19. The summed E-state index contributed by atoms with van der Waals surface area (Å²) in [5, 5.41) is 3.24. The van der Waals surface area contributed by atoms with Gasteiger partial charge in [0.2, 0.25) is 10.0 Å². The normalized spacial score (nSPS) is 28.7. The maximum atomic E-state index is 12.5. The van der Waals surface area contributed by atoms with Crippen LogP contribution in [0.1, 0.15) is 39.5 Å². The fraction of sp³-hybridized carbons (Fsp3) is 1.00. The molecule has 0 aromatic rings. The lowest BCUT2D eigenvalue weighted by Crippen LogP contribution is -2.57. The third kappa shape index (κ3) is 3.93. The number of rotatable bonds is 7. The first-order valence-corrected chi connectivity index (χ1v) is 9.60. The van der Waals surface area contributed by atoms with E-state index >= 15 is 0 Å². The number of piperazine rings is 1. The highest BCUT2D eigenvalue weighted by Crippen LogP contribution is 2.26. The Balaban J connectivity index is 1.84. The van der Waals surface area contributed by atoms with Crippen molar-refractivity contribution in [3.8, 4) is 0 Å². The zero-order chi connectivity index (χ0) is 14.6. The van der Waals surface area contributed by atoms with Crippen molar-refractivity contribution in [1.82, 2.24) is 14.5 Å². The van der Waals surface area contributed by atoms with Gasteiger partial charge in [-0.15, -0.1) is 0 Å². The molecule has 6 heteroatoms. The van der Waals surface area contributed by atoms with E-state index < -0.39 is 10.0 Å². The van der Waals surface area contributed by atoms with Gasteiger partial charge in [0.05, 0.1) is 5.75 Å². The van der Waals surface area contributed by atoms with Crippen LogP contribution in [0.3, 0.4) is 0 Å². The van der Waals surface area contributed by atoms with Crippen LogP contribution < -0.4 is 5.32 Å². The van der Waals surface area contributed by atoms with Crippen LogP contribution in [0.25, 0.3) is 0 Å². The van der Waals surface area contributed by atoms with E-state index in [2.05, 4.69) is 17.1 Å². The summed E-state index contributed by atoms with van der Waals surface area (Å²) in [5.74, 6) is 0.301. The monoisotopic (exact) mass is 303 g/mol. The summed E-state index contributed by atoms with van der Waals surface area (Å²) in [5.41, 5.74) is 0. The Kier molecular flexibility index (Phi) is 5.84. The summed E-state index contributed by atoms with van der Waals surface area (Å²) in [4.78, 5) is 2.46. The molecule has 2 rings (SSSR count). The van der Waals surface area contributed by atoms with Crippen molar-refractivity contribution in [1.29, 1.82) is 0 Å². The van der Waals surface area contributed by atoms with E-state index in [-0.39, 0.29) is 6.04 Å². The minimum Gasteiger partial charge on any atom is -0.317 e. The van der Waals surface area contributed by atoms with Crippen molar-refractivity contribution < 1.29 is 8.42 Å². The second-order valence-corrected chi connectivity index (χ2v) is 8.13. The lowest BCUT2D eigenvalue weighted by Gasteiger charge is -2.41. The fourth-order valence-electron chi connectivity index (χ4n) is 3.38. The van der Waals surface area contributed by atoms with E-state index in [1.807, 2.05) is 6.92 Å². The molecule has 118 valence electrons. The Morgan fingerprint density at radius 1 is 1.25 bits per heavy atom. The molecule has 0 aliphatic carbocycles. The zero-order valence-corrected chi connectivity index (χ0v) is 13.7. The topological polar surface area (TPSA) is 52.7 Å². The number of sulfonamides is 1. The first-order chi connectivity index (χ1) is 9.54. The second-order valence-electron chi connectivity index (χ2n) is 6.09. The average molecular weight is 303 g/mol. The number of nitrogens with one attached hydrogen (secondary N) is 1. The van der Waals surface area contributed by atoms with Crippen LogP contribution >= 0.6 is 0 Å². The number of fused-ring (bicyclic) bond motifs is 1. The van der Waals surface area contributed by atoms with Crippen molar-refractivity contribution in [2.24, 2.45) is 0 Å². The highest BCUT2D eigenvalue weighted by atomic mass is 32.2. The summed E-state index contributed by atoms with van der Waals surface area (Å²) in [6, 6.07) is 0.589. The molecule has 2 fully saturated rings. The number of hydrogen-bond donors (Lipinski definition) is 1. The summed E-state index contributed by atoms with van der Waals surface area (Å²) in [6.07, 6.45) is 4.06. The van der Waals surface area contributed by atoms with Gasteiger partial charge in [-0.25, -0.2) is 8.42 Å². The minimum absolute atomic E-state index is 0.128. The Morgan fingerprint density at radius 3 is 2.80 bits per heavy atom. The van der Waals surface area contributed by atoms with Crippen LogP contribution in [0, 0.1) is 0 Å². The molecule has 2 heterocycles. The molecule has 1 N–H and O–H groups in total. The molecule has 0 aromatic carbocycles. The molecule has 20 heavy (non-hydrogen) atoms. The van der Waals surface area contributed by atoms with Gasteiger partial charge < -0.3 is 5.32 Å². The Bertz CT molecular complexity index is 399. The van der Waals surface area contributed by atoms with Crippen molar-refractivity contribution in [2.45, 2.75) is 51.6 Å². The van der Waals surface area contributed by atoms with Crippen molar-refractivity contribution in [3.05, 3.63) is 0 Å². The van der Waals surface area contributed by atoms with Gasteiger partial charge in [0.1, 0.15) is 0 Å². The SMILES string of the molecule is CCNCCCCS(=O)(=O)N1CC2CCCN2CC1C. The zero-order valence-electron chi connectivity index (χ0n) is 12.8. The van der Waals surface area contributed by atoms with Gasteiger partial charge in [0.25, 0.3) is 0 Å². The van der Waals surface area contributed by atoms with E-state index in [1.54, 1.807) is 4.31 Å². The summed E-state index contributed by atoms with van der Waals surface area (Å²) in [6.45, 7) is 8.74. The second kappa shape index (κ2) is 7.20. The van der Waals surface area contributed by atoms with E-state index in [9.17, 15) is 8.42 Å². The van der Waals surface area contributed by atoms with Crippen LogP contribution in [0.4, 0.5) is 0 Å². The predicted octanol–water partition coefficient (Wildman–Crippen LogP) is 0.874. The van der Waals surface area contributed by atoms with Gasteiger partial charge >= 0.3 is 0 Å². The first-order valence-electron chi connectivity index (χ1n) is 7.99. The lowest BCUT2D eigenvalue weighted by atomic mass is 10.1. The third-order valence-electron chi connectivity index (χ3n) is 4.49. The highest BCUT2D eigenvalue weighted by molar-refractivity contribution is 7.89. The summed E-state index contributed by atoms with van der Waals surface area (Å²) < 4.78 is 26.8. The highest BCUT2D eigenvalue weighted by Gasteiger charge is 2.39. The molecule has 0 radical (unpaired) electrons. The third-order valence-corrected chi connectivity index (χ3v) is 6.52. The van der Waals surface area contributed by atoms with Crippen LogP contribution in [0.15, 0.2) is 0 Å². The lowest BCUT2D eigenvalue weighted by molar-refractivity contribution is 0.117. The van der Waals surface area contributed by atoms with E-state index in [0.29, 0.717) is 18.3 Å². The molecular weight excluding hydrogens is 274 g/mol. The van der Waals surface area contributed by atoms with Crippen LogP contribution in [-0.2, 0) is 10.0 Å². The van der Waals surface area contributed by atoms with Crippen molar-refractivity contribution >= 4 is 10.0 Å². The maximum absolute atomic E-state index is 12.5. The number of unbranched alkanes of at least 4 members (excludes halogenated alkanes) is 1. The molecule has 2 aliphatic heterocycles. The van der Waals surface area contributed by atoms with Gasteiger partial charge in [0.15, 0.2) is 0 Å². The maximum Gasteiger partial charge on any atom is 0.214 e. The molecule has 5 nitrogen and oxygen atoms in total. The van der Waals surface area contributed by atoms with E-state index in [4.69, 9.17) is 0 Å². The molecule has 2 atom stereocenters. The predicted molar refractivity (Wildman–Crippen MR) is 82.3 cm³/mol. The Labute approximate surface area is 123 Å². The number of nitrogens with zero attached hydrogens (tertiary/aromatic N) is 2. The molecular formula is C14H29N3O2S. The standard InChI is InChI=1S/C14H29N3O2S/c1-3-15-8-4-5-10-20(18,19)17-12-14-7-6-9-16(14)11-13(17)2/h13-15H,3-12H2,1-2H3. The molecule has 0 saturated carbocycles. The average Bonchev–Trinajstić information content (AvgIpc) is 2.84. The molecule has 2 aliphatic rings. The molecule has 0 bridgehead atoms. The molecule has 0 spiro atoms. The van der Waals surface area contributed by atoms with E-state index in [1.165, 1.54) is 6.42 Å². The number of hydrogen-bond acceptors (Lipinski definition) is 4. The molecule has 2 unspecified atom stereocenters. The molecule has 0 amide bonds. The van der Waals surface area contributed by atoms with Gasteiger partial charge in [-0.2, -0.15) is 4.31 Å². The van der Waals surface area contributed by atoms with Crippen molar-refractivity contribution in [2.75, 3.05) is 38.5 Å². The smallest absolute Gasteiger partial charge is 0.214 e. The van der Waals surface area contributed by atoms with Gasteiger partial charge in [-0.05, 0) is 52.2 Å². The van der Waals surface area contributed by atoms with Crippen LogP contribution in [0.5, 0.6) is 0 Å². The summed E-state index contributed by atoms with van der Waals surface area (Å²) >= 11 is 0. The minimum atomic E-state index is -3.08. The molecule has 0 aromatic heterocycles. The Hall–Kier alpha value is -0.170. The summed E-state index contributed by atoms with van der Waals surface area (Å²) in [7, 11) is -3.08. The largest absolute Gasteiger partial charge is 0.317 e. The van der Waals surface area contributed by atoms with E-state index in [0.717, 1.165) is 45.4 Å². The van der Waals surface area contributed by atoms with Gasteiger partial charge in [-0.3, -0.25) is 4.90 Å². The van der Waals surface area contributed by atoms with Gasteiger partial charge in [0, 0.05) is 25.2 Å². The first kappa shape index (κ1) is 16.2. The van der Waals surface area contributed by atoms with Crippen molar-refractivity contribution in [3.63, 3.8) is 0 Å². The van der Waals surface area contributed by atoms with Crippen LogP contribution in [0.2, 0.25) is 0 Å². The Morgan fingerprint density at radius 2 is 2.05 bits per heavy atom.